The maximum Gasteiger partial charge on any atom is 0.186 e. The topological polar surface area (TPSA) is 40.9 Å². The zero-order valence-electron chi connectivity index (χ0n) is 8.74. The van der Waals surface area contributed by atoms with Crippen molar-refractivity contribution >= 4 is 23.0 Å². The summed E-state index contributed by atoms with van der Waals surface area (Å²) in [5.41, 5.74) is 0.781. The number of benzene rings is 1. The molecule has 0 aliphatic heterocycles. The minimum absolute atomic E-state index is 0.0290. The van der Waals surface area contributed by atoms with Crippen molar-refractivity contribution in [1.82, 2.24) is 0 Å². The van der Waals surface area contributed by atoms with Crippen LogP contribution in [-0.4, -0.2) is 10.9 Å². The van der Waals surface area contributed by atoms with E-state index in [1.807, 2.05) is 0 Å². The van der Waals surface area contributed by atoms with E-state index < -0.39 is 5.82 Å². The Morgan fingerprint density at radius 2 is 2.38 bits per heavy atom. The Labute approximate surface area is 97.8 Å². The van der Waals surface area contributed by atoms with E-state index in [4.69, 9.17) is 5.26 Å². The average molecular weight is 235 g/mol. The van der Waals surface area contributed by atoms with Gasteiger partial charge in [-0.05, 0) is 17.7 Å². The number of nitrogens with zero attached hydrogens (tertiary/aromatic N) is 1. The molecule has 82 valence electrons. The fourth-order valence-electron chi connectivity index (χ4n) is 1.08. The Morgan fingerprint density at radius 3 is 3.00 bits per heavy atom. The highest BCUT2D eigenvalue weighted by molar-refractivity contribution is 8.13. The van der Waals surface area contributed by atoms with Crippen LogP contribution in [0, 0.1) is 17.1 Å². The lowest BCUT2D eigenvalue weighted by molar-refractivity contribution is -0.109. The number of nitriles is 1. The first-order valence-electron chi connectivity index (χ1n) is 4.63. The van der Waals surface area contributed by atoms with Gasteiger partial charge in [-0.15, -0.1) is 0 Å². The molecule has 2 nitrogen and oxygen atoms in total. The number of hydrogen-bond donors (Lipinski definition) is 0. The average Bonchev–Trinajstić information content (AvgIpc) is 2.26. The number of rotatable bonds is 3. The number of carbonyl (C=O) groups excluding carboxylic acids is 1. The monoisotopic (exact) mass is 235 g/mol. The summed E-state index contributed by atoms with van der Waals surface area (Å²) >= 11 is 1.20. The van der Waals surface area contributed by atoms with Crippen LogP contribution in [0.3, 0.4) is 0 Å². The minimum atomic E-state index is -0.516. The molecule has 0 saturated carbocycles. The molecule has 0 radical (unpaired) electrons. The summed E-state index contributed by atoms with van der Waals surface area (Å²) in [6.07, 6.45) is 3.57. The van der Waals surface area contributed by atoms with Crippen molar-refractivity contribution in [2.75, 3.05) is 5.75 Å². The Kier molecular flexibility index (Phi) is 4.74. The van der Waals surface area contributed by atoms with Gasteiger partial charge in [0.25, 0.3) is 0 Å². The van der Waals surface area contributed by atoms with Crippen molar-refractivity contribution in [3.63, 3.8) is 0 Å². The fourth-order valence-corrected chi connectivity index (χ4v) is 1.51. The summed E-state index contributed by atoms with van der Waals surface area (Å²) in [5, 5.41) is 8.68. The molecule has 4 heteroatoms. The Hall–Kier alpha value is -1.60. The second-order valence-electron chi connectivity index (χ2n) is 3.06. The Balaban J connectivity index is 2.68. The maximum absolute atomic E-state index is 13.0. The normalized spacial score (nSPS) is 10.3. The van der Waals surface area contributed by atoms with Crippen LogP contribution < -0.4 is 0 Å². The molecule has 0 bridgehead atoms. The zero-order valence-corrected chi connectivity index (χ0v) is 9.55. The van der Waals surface area contributed by atoms with Crippen molar-refractivity contribution in [3.8, 4) is 6.07 Å². The van der Waals surface area contributed by atoms with Crippen LogP contribution in [0.5, 0.6) is 0 Å². The summed E-state index contributed by atoms with van der Waals surface area (Å²) in [5.74, 6) is 0.0620. The lowest BCUT2D eigenvalue weighted by Crippen LogP contribution is -1.85. The van der Waals surface area contributed by atoms with Crippen molar-refractivity contribution in [2.45, 2.75) is 6.92 Å². The van der Waals surface area contributed by atoms with E-state index in [0.29, 0.717) is 5.75 Å². The van der Waals surface area contributed by atoms with Crippen molar-refractivity contribution in [3.05, 3.63) is 41.2 Å². The molecular weight excluding hydrogens is 225 g/mol. The van der Waals surface area contributed by atoms with Gasteiger partial charge in [0.1, 0.15) is 11.9 Å². The van der Waals surface area contributed by atoms with Gasteiger partial charge in [0.15, 0.2) is 5.12 Å². The van der Waals surface area contributed by atoms with E-state index in [1.165, 1.54) is 30.8 Å². The van der Waals surface area contributed by atoms with Crippen LogP contribution in [0.4, 0.5) is 4.39 Å². The fraction of sp³-hybridized carbons (Fsp3) is 0.167. The third-order valence-corrected chi connectivity index (χ3v) is 2.57. The molecule has 0 saturated heterocycles. The van der Waals surface area contributed by atoms with Crippen molar-refractivity contribution in [2.24, 2.45) is 0 Å². The van der Waals surface area contributed by atoms with Crippen LogP contribution in [0.25, 0.3) is 6.08 Å². The second-order valence-corrected chi connectivity index (χ2v) is 4.25. The van der Waals surface area contributed by atoms with Gasteiger partial charge >= 0.3 is 0 Å². The highest BCUT2D eigenvalue weighted by Crippen LogP contribution is 2.11. The first kappa shape index (κ1) is 12.5. The van der Waals surface area contributed by atoms with Gasteiger partial charge in [-0.25, -0.2) is 4.39 Å². The van der Waals surface area contributed by atoms with E-state index >= 15 is 0 Å². The largest absolute Gasteiger partial charge is 0.288 e. The van der Waals surface area contributed by atoms with Crippen LogP contribution in [-0.2, 0) is 4.79 Å². The van der Waals surface area contributed by atoms with Gasteiger partial charge in [-0.3, -0.25) is 4.79 Å². The van der Waals surface area contributed by atoms with Gasteiger partial charge < -0.3 is 0 Å². The van der Waals surface area contributed by atoms with Crippen molar-refractivity contribution < 1.29 is 9.18 Å². The lowest BCUT2D eigenvalue weighted by Gasteiger charge is -1.96. The molecule has 0 aliphatic rings. The SMILES string of the molecule is CC(=O)SCC=Cc1ccc(F)c(C#N)c1. The highest BCUT2D eigenvalue weighted by Gasteiger charge is 2.00. The summed E-state index contributed by atoms with van der Waals surface area (Å²) in [4.78, 5) is 10.6. The maximum atomic E-state index is 13.0. The van der Waals surface area contributed by atoms with Crippen molar-refractivity contribution in [1.29, 1.82) is 5.26 Å². The number of thioether (sulfide) groups is 1. The summed E-state index contributed by atoms with van der Waals surface area (Å²) in [6, 6.07) is 6.10. The first-order chi connectivity index (χ1) is 7.63. The molecule has 0 aliphatic carbocycles. The van der Waals surface area contributed by atoms with E-state index in [2.05, 4.69) is 0 Å². The molecule has 0 N–H and O–H groups in total. The number of hydrogen-bond acceptors (Lipinski definition) is 3. The van der Waals surface area contributed by atoms with Gasteiger partial charge in [-0.2, -0.15) is 5.26 Å². The third kappa shape index (κ3) is 3.87. The molecule has 0 spiro atoms. The molecule has 1 aromatic rings. The van der Waals surface area contributed by atoms with Gasteiger partial charge in [0, 0.05) is 12.7 Å². The molecule has 1 aromatic carbocycles. The molecule has 1 rings (SSSR count). The summed E-state index contributed by atoms with van der Waals surface area (Å²) in [6.45, 7) is 1.50. The summed E-state index contributed by atoms with van der Waals surface area (Å²) < 4.78 is 13.0. The molecule has 0 heterocycles. The quantitative estimate of drug-likeness (QED) is 0.808. The van der Waals surface area contributed by atoms with E-state index in [0.717, 1.165) is 5.56 Å². The number of carbonyl (C=O) groups is 1. The molecule has 0 aromatic heterocycles. The van der Waals surface area contributed by atoms with E-state index in [1.54, 1.807) is 24.3 Å². The van der Waals surface area contributed by atoms with E-state index in [9.17, 15) is 9.18 Å². The molecule has 0 atom stereocenters. The van der Waals surface area contributed by atoms with Crippen LogP contribution in [0.15, 0.2) is 24.3 Å². The molecular formula is C12H10FNOS. The van der Waals surface area contributed by atoms with Gasteiger partial charge in [0.05, 0.1) is 5.56 Å². The van der Waals surface area contributed by atoms with Gasteiger partial charge in [0.2, 0.25) is 0 Å². The standard InChI is InChI=1S/C12H10FNOS/c1-9(15)16-6-2-3-10-4-5-12(13)11(7-10)8-14/h2-5,7H,6H2,1H3. The predicted octanol–water partition coefficient (Wildman–Crippen LogP) is 2.99. The summed E-state index contributed by atoms with van der Waals surface area (Å²) in [7, 11) is 0. The highest BCUT2D eigenvalue weighted by atomic mass is 32.2. The lowest BCUT2D eigenvalue weighted by atomic mass is 10.1. The molecule has 0 amide bonds. The Bertz CT molecular complexity index is 463. The zero-order chi connectivity index (χ0) is 12.0. The molecule has 16 heavy (non-hydrogen) atoms. The Morgan fingerprint density at radius 1 is 1.62 bits per heavy atom. The second kappa shape index (κ2) is 6.09. The molecule has 0 unspecified atom stereocenters. The van der Waals surface area contributed by atoms with Crippen LogP contribution in [0.2, 0.25) is 0 Å². The van der Waals surface area contributed by atoms with E-state index in [-0.39, 0.29) is 10.7 Å². The van der Waals surface area contributed by atoms with Crippen LogP contribution >= 0.6 is 11.8 Å². The smallest absolute Gasteiger partial charge is 0.186 e. The molecule has 0 fully saturated rings. The predicted molar refractivity (Wildman–Crippen MR) is 63.3 cm³/mol. The van der Waals surface area contributed by atoms with Gasteiger partial charge in [-0.1, -0.05) is 30.0 Å². The first-order valence-corrected chi connectivity index (χ1v) is 5.61. The number of halogens is 1. The minimum Gasteiger partial charge on any atom is -0.288 e. The van der Waals surface area contributed by atoms with Crippen LogP contribution in [0.1, 0.15) is 18.1 Å². The third-order valence-electron chi connectivity index (χ3n) is 1.80.